The average molecular weight is 325 g/mol. The Bertz CT molecular complexity index is 694. The zero-order chi connectivity index (χ0) is 15.1. The highest BCUT2D eigenvalue weighted by Gasteiger charge is 2.30. The van der Waals surface area contributed by atoms with Gasteiger partial charge in [-0.2, -0.15) is 0 Å². The zero-order valence-electron chi connectivity index (χ0n) is 11.7. The van der Waals surface area contributed by atoms with Crippen molar-refractivity contribution in [3.05, 3.63) is 28.1 Å². The van der Waals surface area contributed by atoms with Gasteiger partial charge in [0.2, 0.25) is 0 Å². The van der Waals surface area contributed by atoms with Crippen LogP contribution in [0.2, 0.25) is 5.02 Å². The first kappa shape index (κ1) is 14.6. The molecule has 6 heteroatoms. The third-order valence-electron chi connectivity index (χ3n) is 3.97. The van der Waals surface area contributed by atoms with Crippen LogP contribution in [0.25, 0.3) is 10.1 Å². The van der Waals surface area contributed by atoms with E-state index >= 15 is 0 Å². The molecule has 2 aromatic rings. The molecule has 4 nitrogen and oxygen atoms in total. The van der Waals surface area contributed by atoms with Crippen molar-refractivity contribution < 1.29 is 9.90 Å². The summed E-state index contributed by atoms with van der Waals surface area (Å²) < 4.78 is 0.965. The van der Waals surface area contributed by atoms with Crippen LogP contribution in [0.15, 0.2) is 18.2 Å². The number of nitrogen functional groups attached to an aromatic ring is 1. The van der Waals surface area contributed by atoms with Gasteiger partial charge >= 0.3 is 0 Å². The van der Waals surface area contributed by atoms with Gasteiger partial charge in [-0.05, 0) is 37.0 Å². The van der Waals surface area contributed by atoms with Crippen LogP contribution in [0.4, 0.5) is 5.69 Å². The minimum Gasteiger partial charge on any atom is -0.397 e. The van der Waals surface area contributed by atoms with Gasteiger partial charge < -0.3 is 15.7 Å². The normalized spacial score (nSPS) is 21.3. The number of hydrogen-bond donors (Lipinski definition) is 2. The van der Waals surface area contributed by atoms with Crippen molar-refractivity contribution in [2.75, 3.05) is 19.3 Å². The molecule has 1 aliphatic rings. The lowest BCUT2D eigenvalue weighted by Gasteiger charge is -2.34. The van der Waals surface area contributed by atoms with Crippen molar-refractivity contribution in [3.63, 3.8) is 0 Å². The minimum atomic E-state index is -0.199. The molecule has 0 aliphatic heterocycles. The van der Waals surface area contributed by atoms with Gasteiger partial charge in [-0.1, -0.05) is 11.6 Å². The molecule has 0 radical (unpaired) electrons. The van der Waals surface area contributed by atoms with Gasteiger partial charge in [-0.15, -0.1) is 11.3 Å². The molecule has 1 fully saturated rings. The smallest absolute Gasteiger partial charge is 0.265 e. The summed E-state index contributed by atoms with van der Waals surface area (Å²) in [4.78, 5) is 14.8. The van der Waals surface area contributed by atoms with Crippen molar-refractivity contribution >= 4 is 44.6 Å². The third kappa shape index (κ3) is 2.73. The lowest BCUT2D eigenvalue weighted by molar-refractivity contribution is 0.0267. The first-order valence-electron chi connectivity index (χ1n) is 6.86. The van der Waals surface area contributed by atoms with E-state index in [2.05, 4.69) is 0 Å². The number of benzene rings is 1. The van der Waals surface area contributed by atoms with Gasteiger partial charge in [0.25, 0.3) is 5.91 Å². The van der Waals surface area contributed by atoms with Crippen molar-refractivity contribution in [2.45, 2.75) is 18.9 Å². The maximum absolute atomic E-state index is 12.5. The number of halogens is 1. The Balaban J connectivity index is 1.82. The minimum absolute atomic E-state index is 0.0637. The Morgan fingerprint density at radius 2 is 2.24 bits per heavy atom. The Kier molecular flexibility index (Phi) is 3.82. The summed E-state index contributed by atoms with van der Waals surface area (Å²) in [7, 11) is 1.78. The Labute approximate surface area is 132 Å². The maximum atomic E-state index is 12.5. The largest absolute Gasteiger partial charge is 0.397 e. The van der Waals surface area contributed by atoms with Gasteiger partial charge in [0.1, 0.15) is 4.88 Å². The molecule has 0 atom stereocenters. The summed E-state index contributed by atoms with van der Waals surface area (Å²) in [5, 5.41) is 10.8. The predicted molar refractivity (Wildman–Crippen MR) is 86.9 cm³/mol. The highest BCUT2D eigenvalue weighted by molar-refractivity contribution is 7.21. The summed E-state index contributed by atoms with van der Waals surface area (Å²) in [5.41, 5.74) is 6.61. The number of aliphatic hydroxyl groups is 1. The average Bonchev–Trinajstić information content (AvgIpc) is 2.73. The Morgan fingerprint density at radius 3 is 2.90 bits per heavy atom. The van der Waals surface area contributed by atoms with Crippen LogP contribution >= 0.6 is 22.9 Å². The van der Waals surface area contributed by atoms with Crippen molar-refractivity contribution in [3.8, 4) is 0 Å². The molecule has 0 saturated heterocycles. The molecule has 1 aromatic carbocycles. The molecule has 112 valence electrons. The number of aliphatic hydroxyl groups excluding tert-OH is 1. The van der Waals surface area contributed by atoms with Gasteiger partial charge in [0.05, 0.1) is 11.8 Å². The van der Waals surface area contributed by atoms with E-state index in [1.54, 1.807) is 24.1 Å². The van der Waals surface area contributed by atoms with Crippen molar-refractivity contribution in [1.82, 2.24) is 4.90 Å². The summed E-state index contributed by atoms with van der Waals surface area (Å²) in [6.07, 6.45) is 1.35. The molecule has 21 heavy (non-hydrogen) atoms. The predicted octanol–water partition coefficient (Wildman–Crippen LogP) is 2.98. The van der Waals surface area contributed by atoms with Crippen LogP contribution in [0.5, 0.6) is 0 Å². The maximum Gasteiger partial charge on any atom is 0.265 e. The number of nitrogens with two attached hydrogens (primary N) is 1. The fourth-order valence-corrected chi connectivity index (χ4v) is 4.01. The molecule has 0 unspecified atom stereocenters. The standard InChI is InChI=1S/C15H17ClN2O2S/c1-18(7-8-4-10(19)5-8)15(20)14-13(17)11-6-9(16)2-3-12(11)21-14/h2-3,6,8,10,19H,4-5,7,17H2,1H3. The fraction of sp³-hybridized carbons (Fsp3) is 0.400. The lowest BCUT2D eigenvalue weighted by Crippen LogP contribution is -2.39. The fourth-order valence-electron chi connectivity index (χ4n) is 2.74. The van der Waals surface area contributed by atoms with Crippen LogP contribution < -0.4 is 5.73 Å². The first-order chi connectivity index (χ1) is 9.95. The summed E-state index contributed by atoms with van der Waals surface area (Å²) in [6.45, 7) is 0.657. The lowest BCUT2D eigenvalue weighted by atomic mass is 9.82. The summed E-state index contributed by atoms with van der Waals surface area (Å²) in [5.74, 6) is 0.324. The SMILES string of the molecule is CN(CC1CC(O)C1)C(=O)c1sc2ccc(Cl)cc2c1N. The number of rotatable bonds is 3. The molecule has 1 amide bonds. The highest BCUT2D eigenvalue weighted by atomic mass is 35.5. The molecule has 1 heterocycles. The molecule has 3 rings (SSSR count). The van der Waals surface area contributed by atoms with Gasteiger partial charge in [0, 0.05) is 28.7 Å². The number of hydrogen-bond acceptors (Lipinski definition) is 4. The highest BCUT2D eigenvalue weighted by Crippen LogP contribution is 2.36. The molecule has 0 bridgehead atoms. The van der Waals surface area contributed by atoms with Gasteiger partial charge in [-0.25, -0.2) is 0 Å². The van der Waals surface area contributed by atoms with Crippen LogP contribution in [-0.4, -0.2) is 35.6 Å². The summed E-state index contributed by atoms with van der Waals surface area (Å²) in [6, 6.07) is 5.48. The molecular weight excluding hydrogens is 308 g/mol. The van der Waals surface area contributed by atoms with Crippen LogP contribution in [0.3, 0.4) is 0 Å². The monoisotopic (exact) mass is 324 g/mol. The molecule has 0 spiro atoms. The summed E-state index contributed by atoms with van der Waals surface area (Å²) >= 11 is 7.38. The number of carbonyl (C=O) groups excluding carboxylic acids is 1. The number of fused-ring (bicyclic) bond motifs is 1. The van der Waals surface area contributed by atoms with E-state index in [0.717, 1.165) is 22.9 Å². The quantitative estimate of drug-likeness (QED) is 0.912. The van der Waals surface area contributed by atoms with E-state index in [-0.39, 0.29) is 12.0 Å². The van der Waals surface area contributed by atoms with Crippen molar-refractivity contribution in [1.29, 1.82) is 0 Å². The second-order valence-electron chi connectivity index (χ2n) is 5.66. The van der Waals surface area contributed by atoms with Crippen LogP contribution in [0.1, 0.15) is 22.5 Å². The second-order valence-corrected chi connectivity index (χ2v) is 7.15. The number of amides is 1. The number of thiophene rings is 1. The third-order valence-corrected chi connectivity index (χ3v) is 5.38. The van der Waals surface area contributed by atoms with E-state index in [1.165, 1.54) is 11.3 Å². The second kappa shape index (κ2) is 5.48. The van der Waals surface area contributed by atoms with Gasteiger partial charge in [-0.3, -0.25) is 4.79 Å². The number of anilines is 1. The Hall–Kier alpha value is -1.30. The van der Waals surface area contributed by atoms with Crippen LogP contribution in [-0.2, 0) is 0 Å². The van der Waals surface area contributed by atoms with E-state index < -0.39 is 0 Å². The molecule has 3 N–H and O–H groups in total. The first-order valence-corrected chi connectivity index (χ1v) is 8.06. The van der Waals surface area contributed by atoms with Gasteiger partial charge in [0.15, 0.2) is 0 Å². The van der Waals surface area contributed by atoms with E-state index in [0.29, 0.717) is 28.0 Å². The Morgan fingerprint density at radius 1 is 1.52 bits per heavy atom. The molecular formula is C15H17ClN2O2S. The number of carbonyl (C=O) groups is 1. The molecule has 1 saturated carbocycles. The number of nitrogens with zero attached hydrogens (tertiary/aromatic N) is 1. The van der Waals surface area contributed by atoms with E-state index in [4.69, 9.17) is 17.3 Å². The zero-order valence-corrected chi connectivity index (χ0v) is 13.2. The molecule has 1 aliphatic carbocycles. The van der Waals surface area contributed by atoms with E-state index in [1.807, 2.05) is 6.07 Å². The van der Waals surface area contributed by atoms with E-state index in [9.17, 15) is 9.90 Å². The van der Waals surface area contributed by atoms with Crippen molar-refractivity contribution in [2.24, 2.45) is 5.92 Å². The topological polar surface area (TPSA) is 66.6 Å². The van der Waals surface area contributed by atoms with Crippen LogP contribution in [0, 0.1) is 5.92 Å². The molecule has 1 aromatic heterocycles.